The maximum Gasteiger partial charge on any atom is 0.240 e. The summed E-state index contributed by atoms with van der Waals surface area (Å²) in [6, 6.07) is 11.5. The average molecular weight is 429 g/mol. The Kier molecular flexibility index (Phi) is 7.68. The van der Waals surface area contributed by atoms with Gasteiger partial charge in [-0.1, -0.05) is 41.4 Å². The first-order chi connectivity index (χ1) is 12.7. The van der Waals surface area contributed by atoms with Crippen molar-refractivity contribution in [3.63, 3.8) is 0 Å². The van der Waals surface area contributed by atoms with Crippen molar-refractivity contribution in [1.82, 2.24) is 10.0 Å². The van der Waals surface area contributed by atoms with E-state index in [1.54, 1.807) is 56.3 Å². The van der Waals surface area contributed by atoms with Crippen molar-refractivity contribution in [2.45, 2.75) is 44.2 Å². The number of rotatable bonds is 8. The predicted octanol–water partition coefficient (Wildman–Crippen LogP) is 3.93. The third-order valence-corrected chi connectivity index (χ3v) is 6.02. The van der Waals surface area contributed by atoms with Crippen LogP contribution in [0.25, 0.3) is 0 Å². The predicted molar refractivity (Wildman–Crippen MR) is 109 cm³/mol. The number of benzene rings is 2. The number of sulfonamides is 1. The zero-order valence-corrected chi connectivity index (χ0v) is 17.5. The van der Waals surface area contributed by atoms with E-state index in [1.807, 2.05) is 0 Å². The minimum atomic E-state index is -3.51. The lowest BCUT2D eigenvalue weighted by atomic mass is 10.1. The van der Waals surface area contributed by atoms with Gasteiger partial charge in [0.2, 0.25) is 15.9 Å². The van der Waals surface area contributed by atoms with Crippen molar-refractivity contribution in [2.75, 3.05) is 0 Å². The van der Waals surface area contributed by atoms with Crippen LogP contribution in [0.5, 0.6) is 0 Å². The second kappa shape index (κ2) is 9.55. The number of hydrogen-bond acceptors (Lipinski definition) is 3. The fourth-order valence-electron chi connectivity index (χ4n) is 2.42. The first-order valence-corrected chi connectivity index (χ1v) is 10.7. The molecule has 0 radical (unpaired) electrons. The van der Waals surface area contributed by atoms with E-state index in [0.717, 1.165) is 11.1 Å². The molecule has 0 spiro atoms. The Labute approximate surface area is 170 Å². The van der Waals surface area contributed by atoms with Crippen LogP contribution in [-0.2, 0) is 27.8 Å². The Hall–Kier alpha value is -1.60. The number of carbonyl (C=O) groups is 1. The summed E-state index contributed by atoms with van der Waals surface area (Å²) < 4.78 is 26.7. The van der Waals surface area contributed by atoms with Gasteiger partial charge in [-0.2, -0.15) is 0 Å². The molecular weight excluding hydrogens is 407 g/mol. The number of hydrogen-bond donors (Lipinski definition) is 2. The van der Waals surface area contributed by atoms with E-state index >= 15 is 0 Å². The standard InChI is InChI=1S/C19H22Cl2N2O3S/c1-13(2)23-27(25,26)17-8-3-14(4-9-17)5-10-19(24)22-12-15-6-7-16(20)11-18(15)21/h3-4,6-9,11,13,23H,5,10,12H2,1-2H3,(H,22,24). The molecule has 0 atom stereocenters. The molecule has 0 fully saturated rings. The van der Waals surface area contributed by atoms with E-state index < -0.39 is 10.0 Å². The summed E-state index contributed by atoms with van der Waals surface area (Å²) in [7, 11) is -3.51. The van der Waals surface area contributed by atoms with Gasteiger partial charge in [0.1, 0.15) is 0 Å². The van der Waals surface area contributed by atoms with Gasteiger partial charge in [-0.3, -0.25) is 4.79 Å². The van der Waals surface area contributed by atoms with Gasteiger partial charge in [0.05, 0.1) is 4.90 Å². The molecule has 27 heavy (non-hydrogen) atoms. The smallest absolute Gasteiger partial charge is 0.240 e. The van der Waals surface area contributed by atoms with Gasteiger partial charge in [-0.25, -0.2) is 13.1 Å². The van der Waals surface area contributed by atoms with Gasteiger partial charge in [-0.05, 0) is 55.7 Å². The average Bonchev–Trinajstić information content (AvgIpc) is 2.58. The highest BCUT2D eigenvalue weighted by Crippen LogP contribution is 2.20. The van der Waals surface area contributed by atoms with E-state index in [1.165, 1.54) is 0 Å². The lowest BCUT2D eigenvalue weighted by molar-refractivity contribution is -0.121. The maximum absolute atomic E-state index is 12.1. The van der Waals surface area contributed by atoms with Gasteiger partial charge >= 0.3 is 0 Å². The molecule has 0 aliphatic heterocycles. The van der Waals surface area contributed by atoms with Crippen molar-refractivity contribution < 1.29 is 13.2 Å². The molecule has 2 N–H and O–H groups in total. The molecule has 0 saturated carbocycles. The van der Waals surface area contributed by atoms with Crippen molar-refractivity contribution >= 4 is 39.1 Å². The maximum atomic E-state index is 12.1. The Morgan fingerprint density at radius 1 is 1.07 bits per heavy atom. The van der Waals surface area contributed by atoms with Gasteiger partial charge in [-0.15, -0.1) is 0 Å². The van der Waals surface area contributed by atoms with Gasteiger partial charge < -0.3 is 5.32 Å². The van der Waals surface area contributed by atoms with Crippen molar-refractivity contribution in [3.8, 4) is 0 Å². The highest BCUT2D eigenvalue weighted by molar-refractivity contribution is 7.89. The molecule has 0 unspecified atom stereocenters. The second-order valence-electron chi connectivity index (χ2n) is 6.43. The molecule has 5 nitrogen and oxygen atoms in total. The number of nitrogens with one attached hydrogen (secondary N) is 2. The monoisotopic (exact) mass is 428 g/mol. The molecule has 2 rings (SSSR count). The molecule has 1 amide bonds. The zero-order valence-electron chi connectivity index (χ0n) is 15.1. The fourth-order valence-corrected chi connectivity index (χ4v) is 4.15. The molecule has 0 aliphatic rings. The Morgan fingerprint density at radius 3 is 2.33 bits per heavy atom. The van der Waals surface area contributed by atoms with Crippen LogP contribution in [0.1, 0.15) is 31.4 Å². The zero-order chi connectivity index (χ0) is 20.0. The Bertz CT molecular complexity index is 898. The first kappa shape index (κ1) is 21.7. The van der Waals surface area contributed by atoms with Crippen LogP contribution in [0, 0.1) is 0 Å². The van der Waals surface area contributed by atoms with Crippen molar-refractivity contribution in [2.24, 2.45) is 0 Å². The number of halogens is 2. The quantitative estimate of drug-likeness (QED) is 0.668. The summed E-state index contributed by atoms with van der Waals surface area (Å²) in [5.41, 5.74) is 1.68. The topological polar surface area (TPSA) is 75.3 Å². The molecule has 0 saturated heterocycles. The molecule has 8 heteroatoms. The summed E-state index contributed by atoms with van der Waals surface area (Å²) in [5.74, 6) is -0.112. The summed E-state index contributed by atoms with van der Waals surface area (Å²) in [6.45, 7) is 3.86. The van der Waals surface area contributed by atoms with Crippen LogP contribution in [0.15, 0.2) is 47.4 Å². The van der Waals surface area contributed by atoms with Crippen LogP contribution in [0.3, 0.4) is 0 Å². The Balaban J connectivity index is 1.86. The van der Waals surface area contributed by atoms with Gasteiger partial charge in [0, 0.05) is 29.1 Å². The summed E-state index contributed by atoms with van der Waals surface area (Å²) >= 11 is 11.9. The van der Waals surface area contributed by atoms with Crippen LogP contribution < -0.4 is 10.0 Å². The molecule has 0 heterocycles. The van der Waals surface area contributed by atoms with E-state index in [2.05, 4.69) is 10.0 Å². The van der Waals surface area contributed by atoms with E-state index in [0.29, 0.717) is 29.4 Å². The minimum absolute atomic E-state index is 0.112. The lowest BCUT2D eigenvalue weighted by Gasteiger charge is -2.10. The van der Waals surface area contributed by atoms with E-state index in [9.17, 15) is 13.2 Å². The summed E-state index contributed by atoms with van der Waals surface area (Å²) in [4.78, 5) is 12.2. The highest BCUT2D eigenvalue weighted by Gasteiger charge is 2.15. The molecule has 146 valence electrons. The van der Waals surface area contributed by atoms with Crippen molar-refractivity contribution in [1.29, 1.82) is 0 Å². The molecule has 0 aromatic heterocycles. The number of aryl methyl sites for hydroxylation is 1. The second-order valence-corrected chi connectivity index (χ2v) is 8.99. The third-order valence-electron chi connectivity index (χ3n) is 3.76. The molecule has 2 aromatic carbocycles. The van der Waals surface area contributed by atoms with Crippen LogP contribution >= 0.6 is 23.2 Å². The number of carbonyl (C=O) groups excluding carboxylic acids is 1. The molecule has 0 aliphatic carbocycles. The molecule has 0 bridgehead atoms. The molecule has 2 aromatic rings. The highest BCUT2D eigenvalue weighted by atomic mass is 35.5. The summed E-state index contributed by atoms with van der Waals surface area (Å²) in [6.07, 6.45) is 0.805. The number of amides is 1. The van der Waals surface area contributed by atoms with E-state index in [-0.39, 0.29) is 16.8 Å². The van der Waals surface area contributed by atoms with Gasteiger partial charge in [0.25, 0.3) is 0 Å². The molecular formula is C19H22Cl2N2O3S. The largest absolute Gasteiger partial charge is 0.352 e. The van der Waals surface area contributed by atoms with Crippen LogP contribution in [0.4, 0.5) is 0 Å². The van der Waals surface area contributed by atoms with Crippen molar-refractivity contribution in [3.05, 3.63) is 63.6 Å². The van der Waals surface area contributed by atoms with Crippen LogP contribution in [0.2, 0.25) is 10.0 Å². The lowest BCUT2D eigenvalue weighted by Crippen LogP contribution is -2.30. The Morgan fingerprint density at radius 2 is 1.74 bits per heavy atom. The normalized spacial score (nSPS) is 11.6. The minimum Gasteiger partial charge on any atom is -0.352 e. The third kappa shape index (κ3) is 6.81. The first-order valence-electron chi connectivity index (χ1n) is 8.49. The summed E-state index contributed by atoms with van der Waals surface area (Å²) in [5, 5.41) is 3.87. The van der Waals surface area contributed by atoms with Gasteiger partial charge in [0.15, 0.2) is 0 Å². The van der Waals surface area contributed by atoms with E-state index in [4.69, 9.17) is 23.2 Å². The SMILES string of the molecule is CC(C)NS(=O)(=O)c1ccc(CCC(=O)NCc2ccc(Cl)cc2Cl)cc1. The van der Waals surface area contributed by atoms with Crippen LogP contribution in [-0.4, -0.2) is 20.4 Å². The fraction of sp³-hybridized carbons (Fsp3) is 0.316.